The van der Waals surface area contributed by atoms with Crippen molar-refractivity contribution in [3.05, 3.63) is 118 Å². The maximum absolute atomic E-state index is 11.0. The lowest BCUT2D eigenvalue weighted by Crippen LogP contribution is -2.24. The first kappa shape index (κ1) is 23.5. The number of hydrogen-bond donors (Lipinski definition) is 0. The lowest BCUT2D eigenvalue weighted by Gasteiger charge is -2.22. The molecule has 172 valence electrons. The number of carbonyl (C=O) groups is 2. The number of rotatable bonds is 2. The Kier molecular flexibility index (Phi) is 6.53. The summed E-state index contributed by atoms with van der Waals surface area (Å²) in [7, 11) is 0. The summed E-state index contributed by atoms with van der Waals surface area (Å²) in [4.78, 5) is 22.0. The molecule has 0 amide bonds. The number of carbonyl (C=O) groups excluding carboxylic acids is 2. The Labute approximate surface area is 201 Å². The molecule has 4 radical (unpaired) electrons. The first-order chi connectivity index (χ1) is 16.5. The molecule has 0 saturated carbocycles. The molecule has 4 aromatic rings. The summed E-state index contributed by atoms with van der Waals surface area (Å²) in [5, 5.41) is 22.0. The molecule has 7 heteroatoms. The Hall–Kier alpha value is -4.62. The quantitative estimate of drug-likeness (QED) is 0.385. The number of ether oxygens (including phenoxy) is 2. The van der Waals surface area contributed by atoms with Gasteiger partial charge in [-0.15, -0.1) is 0 Å². The van der Waals surface area contributed by atoms with Crippen molar-refractivity contribution in [1.29, 1.82) is 0 Å². The minimum Gasteiger partial charge on any atom is -0.545 e. The van der Waals surface area contributed by atoms with Gasteiger partial charge in [0.2, 0.25) is 0 Å². The van der Waals surface area contributed by atoms with Crippen molar-refractivity contribution in [2.24, 2.45) is 0 Å². The zero-order chi connectivity index (χ0) is 23.7. The SMILES string of the molecule is O=C([O-])c1cccc2c1Cc1ccccc1O2.O=C([O-])c1cccc2c1Cc1ccccc1O2.[O+2]. The molecule has 7 nitrogen and oxygen atoms in total. The van der Waals surface area contributed by atoms with Gasteiger partial charge in [0, 0.05) is 35.1 Å². The molecule has 0 N–H and O–H groups in total. The second-order valence-electron chi connectivity index (χ2n) is 7.91. The van der Waals surface area contributed by atoms with Crippen molar-refractivity contribution in [2.75, 3.05) is 0 Å². The van der Waals surface area contributed by atoms with Crippen LogP contribution in [0.3, 0.4) is 0 Å². The van der Waals surface area contributed by atoms with E-state index in [4.69, 9.17) is 9.47 Å². The highest BCUT2D eigenvalue weighted by Crippen LogP contribution is 2.38. The van der Waals surface area contributed by atoms with Gasteiger partial charge in [-0.25, -0.2) is 0 Å². The highest BCUT2D eigenvalue weighted by molar-refractivity contribution is 5.89. The third-order valence-electron chi connectivity index (χ3n) is 5.83. The van der Waals surface area contributed by atoms with Crippen LogP contribution in [0.4, 0.5) is 0 Å². The van der Waals surface area contributed by atoms with Gasteiger partial charge in [0.15, 0.2) is 0 Å². The average Bonchev–Trinajstić information content (AvgIpc) is 2.85. The largest absolute Gasteiger partial charge is 2.00 e. The first-order valence-electron chi connectivity index (χ1n) is 10.7. The van der Waals surface area contributed by atoms with Gasteiger partial charge >= 0.3 is 5.48 Å². The van der Waals surface area contributed by atoms with E-state index in [1.54, 1.807) is 36.4 Å². The van der Waals surface area contributed by atoms with E-state index >= 15 is 0 Å². The van der Waals surface area contributed by atoms with Gasteiger partial charge in [0.25, 0.3) is 0 Å². The normalized spacial score (nSPS) is 11.9. The zero-order valence-corrected chi connectivity index (χ0v) is 18.4. The fourth-order valence-electron chi connectivity index (χ4n) is 4.19. The molecule has 4 aromatic carbocycles. The Bertz CT molecular complexity index is 1320. The van der Waals surface area contributed by atoms with Gasteiger partial charge in [0.1, 0.15) is 23.0 Å². The lowest BCUT2D eigenvalue weighted by atomic mass is 9.96. The summed E-state index contributed by atoms with van der Waals surface area (Å²) in [6.45, 7) is 0. The van der Waals surface area contributed by atoms with E-state index < -0.39 is 11.9 Å². The minimum absolute atomic E-state index is 0. The third-order valence-corrected chi connectivity index (χ3v) is 5.83. The molecule has 2 aliphatic rings. The summed E-state index contributed by atoms with van der Waals surface area (Å²) in [5.74, 6) is 0.455. The summed E-state index contributed by atoms with van der Waals surface area (Å²) in [5.41, 5.74) is 3.77. The molecule has 0 saturated heterocycles. The van der Waals surface area contributed by atoms with Gasteiger partial charge in [-0.2, -0.15) is 0 Å². The lowest BCUT2D eigenvalue weighted by molar-refractivity contribution is -0.256. The number of para-hydroxylation sites is 2. The zero-order valence-electron chi connectivity index (χ0n) is 18.4. The number of carboxylic acid groups (broad SMARTS) is 2. The molecule has 0 fully saturated rings. The van der Waals surface area contributed by atoms with E-state index in [1.807, 2.05) is 48.5 Å². The highest BCUT2D eigenvalue weighted by atomic mass is 16.5. The summed E-state index contributed by atoms with van der Waals surface area (Å²) in [6, 6.07) is 25.2. The molecule has 2 heterocycles. The van der Waals surface area contributed by atoms with Crippen molar-refractivity contribution in [3.63, 3.8) is 0 Å². The van der Waals surface area contributed by atoms with Crippen molar-refractivity contribution < 1.29 is 34.8 Å². The van der Waals surface area contributed by atoms with E-state index in [1.165, 1.54) is 0 Å². The number of benzene rings is 4. The van der Waals surface area contributed by atoms with Crippen LogP contribution < -0.4 is 19.7 Å². The number of fused-ring (bicyclic) bond motifs is 4. The predicted octanol–water partition coefficient (Wildman–Crippen LogP) is 3.37. The average molecular weight is 466 g/mol. The third kappa shape index (κ3) is 4.58. The topological polar surface area (TPSA) is 127 Å². The van der Waals surface area contributed by atoms with E-state index in [0.29, 0.717) is 35.5 Å². The van der Waals surface area contributed by atoms with Crippen LogP contribution in [0.25, 0.3) is 0 Å². The van der Waals surface area contributed by atoms with Gasteiger partial charge in [-0.1, -0.05) is 60.7 Å². The predicted molar refractivity (Wildman–Crippen MR) is 121 cm³/mol. The van der Waals surface area contributed by atoms with Gasteiger partial charge in [0.05, 0.1) is 11.9 Å². The standard InChI is InChI=1S/2C14H10O3.O/c2*15-14(16)10-5-3-7-13-11(10)8-9-4-1-2-6-12(9)17-13;/h2*1-7H,8H2,(H,15,16);/q;;+2/p-2. The van der Waals surface area contributed by atoms with Crippen molar-refractivity contribution in [2.45, 2.75) is 12.8 Å². The molecule has 6 rings (SSSR count). The van der Waals surface area contributed by atoms with Crippen LogP contribution in [0.5, 0.6) is 23.0 Å². The van der Waals surface area contributed by atoms with Gasteiger partial charge in [-0.3, -0.25) is 0 Å². The van der Waals surface area contributed by atoms with Gasteiger partial charge in [-0.05, 0) is 35.4 Å². The van der Waals surface area contributed by atoms with Crippen LogP contribution in [0.1, 0.15) is 43.0 Å². The highest BCUT2D eigenvalue weighted by Gasteiger charge is 2.20. The van der Waals surface area contributed by atoms with Crippen LogP contribution in [-0.4, -0.2) is 11.9 Å². The summed E-state index contributed by atoms with van der Waals surface area (Å²) in [6.07, 6.45) is 1.13. The van der Waals surface area contributed by atoms with Crippen LogP contribution in [0.15, 0.2) is 84.9 Å². The van der Waals surface area contributed by atoms with Crippen LogP contribution >= 0.6 is 0 Å². The summed E-state index contributed by atoms with van der Waals surface area (Å²) < 4.78 is 11.4. The maximum Gasteiger partial charge on any atom is 2.00 e. The molecule has 0 spiro atoms. The van der Waals surface area contributed by atoms with Gasteiger partial charge < -0.3 is 29.3 Å². The fraction of sp³-hybridized carbons (Fsp3) is 0.0714. The van der Waals surface area contributed by atoms with Crippen LogP contribution in [-0.2, 0) is 18.3 Å². The maximum atomic E-state index is 11.0. The molecule has 0 aromatic heterocycles. The van der Waals surface area contributed by atoms with E-state index in [-0.39, 0.29) is 16.6 Å². The monoisotopic (exact) mass is 466 g/mol. The molecule has 0 bridgehead atoms. The molecule has 0 unspecified atom stereocenters. The Morgan fingerprint density at radius 2 is 0.914 bits per heavy atom. The first-order valence-corrected chi connectivity index (χ1v) is 10.7. The molecular weight excluding hydrogens is 448 g/mol. The van der Waals surface area contributed by atoms with Crippen LogP contribution in [0, 0.1) is 0 Å². The number of aromatic carboxylic acids is 2. The van der Waals surface area contributed by atoms with E-state index in [9.17, 15) is 19.8 Å². The number of carboxylic acids is 2. The van der Waals surface area contributed by atoms with Crippen LogP contribution in [0.2, 0.25) is 0 Å². The smallest absolute Gasteiger partial charge is 0.545 e. The van der Waals surface area contributed by atoms with E-state index in [0.717, 1.165) is 22.6 Å². The van der Waals surface area contributed by atoms with Crippen molar-refractivity contribution in [1.82, 2.24) is 0 Å². The van der Waals surface area contributed by atoms with E-state index in [2.05, 4.69) is 0 Å². The molecule has 0 aliphatic carbocycles. The van der Waals surface area contributed by atoms with Crippen molar-refractivity contribution in [3.8, 4) is 23.0 Å². The summed E-state index contributed by atoms with van der Waals surface area (Å²) >= 11 is 0. The second-order valence-corrected chi connectivity index (χ2v) is 7.91. The molecule has 35 heavy (non-hydrogen) atoms. The Balaban J connectivity index is 0.000000160. The molecular formula is C28H18O7. The molecule has 0 atom stereocenters. The Morgan fingerprint density at radius 1 is 0.543 bits per heavy atom. The second kappa shape index (κ2) is 9.70. The minimum atomic E-state index is -1.16. The fourth-order valence-corrected chi connectivity index (χ4v) is 4.19. The number of hydrogen-bond acceptors (Lipinski definition) is 6. The Morgan fingerprint density at radius 3 is 1.31 bits per heavy atom. The van der Waals surface area contributed by atoms with Crippen molar-refractivity contribution >= 4 is 11.9 Å². The molecule has 2 aliphatic heterocycles.